The zero-order valence-electron chi connectivity index (χ0n) is 39.5. The summed E-state index contributed by atoms with van der Waals surface area (Å²) in [6, 6.07) is 64.8. The van der Waals surface area contributed by atoms with Gasteiger partial charge < -0.3 is 4.90 Å². The van der Waals surface area contributed by atoms with E-state index >= 15 is 17.6 Å². The first-order chi connectivity index (χ1) is 35.1. The van der Waals surface area contributed by atoms with Gasteiger partial charge in [0.05, 0.1) is 5.54 Å². The van der Waals surface area contributed by atoms with Crippen LogP contribution in [0.15, 0.2) is 182 Å². The van der Waals surface area contributed by atoms with Crippen LogP contribution in [0.25, 0.3) is 109 Å². The Bertz CT molecular complexity index is 4150. The number of anilines is 2. The lowest BCUT2D eigenvalue weighted by atomic mass is 9.61. The zero-order chi connectivity index (χ0) is 48.8. The number of fused-ring (bicyclic) bond motifs is 6. The Balaban J connectivity index is 1.11. The zero-order valence-corrected chi connectivity index (χ0v) is 39.5. The largest absolute Gasteiger partial charge is 0.329 e. The molecule has 6 heteroatoms. The van der Waals surface area contributed by atoms with Crippen molar-refractivity contribution >= 4 is 76.0 Å². The van der Waals surface area contributed by atoms with Crippen LogP contribution in [0, 0.1) is 29.1 Å². The van der Waals surface area contributed by atoms with Gasteiger partial charge in [0, 0.05) is 11.1 Å². The van der Waals surface area contributed by atoms with Crippen LogP contribution in [0.3, 0.4) is 0 Å². The Labute approximate surface area is 412 Å². The van der Waals surface area contributed by atoms with Crippen LogP contribution < -0.4 is 4.90 Å². The molecule has 0 amide bonds. The van der Waals surface area contributed by atoms with Crippen molar-refractivity contribution in [2.24, 2.45) is 0 Å². The highest BCUT2D eigenvalue weighted by atomic mass is 19.2. The minimum Gasteiger partial charge on any atom is -0.329 e. The van der Waals surface area contributed by atoms with Gasteiger partial charge in [0.1, 0.15) is 5.69 Å². The summed E-state index contributed by atoms with van der Waals surface area (Å²) >= 11 is 0. The summed E-state index contributed by atoms with van der Waals surface area (Å²) in [4.78, 5) is 1.43. The second kappa shape index (κ2) is 15.5. The molecule has 0 N–H and O–H groups in total. The average molecular weight is 946 g/mol. The number of nitrogens with zero attached hydrogens (tertiary/aromatic N) is 1. The monoisotopic (exact) mass is 945 g/mol. The first-order valence-corrected chi connectivity index (χ1v) is 24.8. The van der Waals surface area contributed by atoms with E-state index in [1.54, 1.807) is 0 Å². The molecule has 1 fully saturated rings. The SMILES string of the molecule is CC12CCCCC1(C)N(c1c(F)c(F)c(F)c(F)c1F)c1ccc(-c3cc(-c4cccc5ccccc45)c4ccc5c(-c6cccc7ccccc67)cc(-c6cccc7ccccc67)c6ccc3c4c65)cc12. The van der Waals surface area contributed by atoms with Crippen LogP contribution in [0.2, 0.25) is 0 Å². The molecule has 0 bridgehead atoms. The van der Waals surface area contributed by atoms with Gasteiger partial charge in [0.2, 0.25) is 5.82 Å². The van der Waals surface area contributed by atoms with Gasteiger partial charge in [-0.1, -0.05) is 177 Å². The predicted molar refractivity (Wildman–Crippen MR) is 287 cm³/mol. The molecule has 1 aliphatic carbocycles. The van der Waals surface area contributed by atoms with Crippen LogP contribution >= 0.6 is 0 Å². The highest BCUT2D eigenvalue weighted by Crippen LogP contribution is 2.62. The molecule has 12 aromatic rings. The fraction of sp³-hybridized carbons (Fsp3) is 0.121. The van der Waals surface area contributed by atoms with Gasteiger partial charge in [0.15, 0.2) is 23.3 Å². The van der Waals surface area contributed by atoms with Crippen LogP contribution in [-0.2, 0) is 5.41 Å². The average Bonchev–Trinajstić information content (AvgIpc) is 3.62. The van der Waals surface area contributed by atoms with Crippen molar-refractivity contribution in [2.75, 3.05) is 4.90 Å². The number of hydrogen-bond donors (Lipinski definition) is 0. The Kier molecular flexibility index (Phi) is 9.18. The molecule has 72 heavy (non-hydrogen) atoms. The summed E-state index contributed by atoms with van der Waals surface area (Å²) < 4.78 is 77.1. The number of halogens is 5. The molecule has 12 aromatic carbocycles. The van der Waals surface area contributed by atoms with Gasteiger partial charge in [-0.3, -0.25) is 0 Å². The molecule has 0 spiro atoms. The minimum absolute atomic E-state index is 0.445. The van der Waals surface area contributed by atoms with Crippen LogP contribution in [0.5, 0.6) is 0 Å². The molecule has 1 heterocycles. The third-order valence-electron chi connectivity index (χ3n) is 17.0. The molecule has 0 aromatic heterocycles. The quantitative estimate of drug-likeness (QED) is 0.0719. The van der Waals surface area contributed by atoms with E-state index in [0.29, 0.717) is 18.5 Å². The van der Waals surface area contributed by atoms with Crippen molar-refractivity contribution in [3.05, 3.63) is 217 Å². The maximum Gasteiger partial charge on any atom is 0.200 e. The van der Waals surface area contributed by atoms with Crippen molar-refractivity contribution in [3.8, 4) is 44.5 Å². The second-order valence-electron chi connectivity index (χ2n) is 20.4. The third kappa shape index (κ3) is 5.75. The molecule has 2 aliphatic rings. The molecule has 0 saturated heterocycles. The van der Waals surface area contributed by atoms with Crippen molar-refractivity contribution in [1.29, 1.82) is 0 Å². The molecule has 14 rings (SSSR count). The summed E-state index contributed by atoms with van der Waals surface area (Å²) in [6.45, 7) is 4.01. The minimum atomic E-state index is -2.16. The van der Waals surface area contributed by atoms with E-state index in [0.717, 1.165) is 128 Å². The molecular weight excluding hydrogens is 902 g/mol. The maximum atomic E-state index is 16.1. The van der Waals surface area contributed by atoms with Crippen molar-refractivity contribution < 1.29 is 22.0 Å². The normalized spacial score (nSPS) is 17.8. The molecular formula is C66H44F5N. The lowest BCUT2D eigenvalue weighted by molar-refractivity contribution is 0.192. The van der Waals surface area contributed by atoms with E-state index in [1.807, 2.05) is 19.1 Å². The summed E-state index contributed by atoms with van der Waals surface area (Å²) in [5.41, 5.74) is 7.20. The Morgan fingerprint density at radius 1 is 0.361 bits per heavy atom. The number of rotatable bonds is 5. The van der Waals surface area contributed by atoms with Crippen molar-refractivity contribution in [3.63, 3.8) is 0 Å². The molecule has 2 unspecified atom stereocenters. The molecule has 1 saturated carbocycles. The first-order valence-electron chi connectivity index (χ1n) is 24.8. The molecule has 1 aliphatic heterocycles. The van der Waals surface area contributed by atoms with E-state index in [-0.39, 0.29) is 0 Å². The van der Waals surface area contributed by atoms with Gasteiger partial charge in [0.25, 0.3) is 0 Å². The van der Waals surface area contributed by atoms with Crippen LogP contribution in [0.1, 0.15) is 45.1 Å². The second-order valence-corrected chi connectivity index (χ2v) is 20.4. The highest BCUT2D eigenvalue weighted by molar-refractivity contribution is 6.33. The van der Waals surface area contributed by atoms with E-state index in [9.17, 15) is 4.39 Å². The Morgan fingerprint density at radius 3 is 1.25 bits per heavy atom. The van der Waals surface area contributed by atoms with E-state index in [1.165, 1.54) is 4.90 Å². The fourth-order valence-electron chi connectivity index (χ4n) is 13.3. The van der Waals surface area contributed by atoms with Crippen LogP contribution in [-0.4, -0.2) is 5.54 Å². The Hall–Kier alpha value is -8.09. The van der Waals surface area contributed by atoms with Crippen molar-refractivity contribution in [1.82, 2.24) is 0 Å². The van der Waals surface area contributed by atoms with Gasteiger partial charge in [-0.05, 0) is 159 Å². The summed E-state index contributed by atoms with van der Waals surface area (Å²) in [5, 5.41) is 13.5. The number of hydrogen-bond acceptors (Lipinski definition) is 1. The standard InChI is InChI=1S/C66H44F5N/c1-65-32-9-10-33-66(65,2)72(64-62(70)60(68)59(67)61(69)63(64)71)56-31-26-40(34-55(56)65)51-35-52(44-23-11-17-37-14-3-6-20-41(37)44)48-29-30-50-54(46-25-13-19-39-16-5-8-22-43(39)46)36-53(49-28-27-47(51)57(48)58(49)50)45-24-12-18-38-15-4-7-21-42(38)45/h3-8,11-31,34-36H,9-10,32-33H2,1-2H3. The Morgan fingerprint density at radius 2 is 0.764 bits per heavy atom. The fourth-order valence-corrected chi connectivity index (χ4v) is 13.3. The lowest BCUT2D eigenvalue weighted by Crippen LogP contribution is -2.55. The van der Waals surface area contributed by atoms with Crippen molar-refractivity contribution in [2.45, 2.75) is 50.5 Å². The summed E-state index contributed by atoms with van der Waals surface area (Å²) in [5.74, 6) is -9.71. The molecule has 0 radical (unpaired) electrons. The van der Waals surface area contributed by atoms with Gasteiger partial charge in [-0.15, -0.1) is 0 Å². The molecule has 1 nitrogen and oxygen atoms in total. The molecule has 2 atom stereocenters. The predicted octanol–water partition coefficient (Wildman–Crippen LogP) is 19.1. The highest BCUT2D eigenvalue weighted by Gasteiger charge is 2.59. The van der Waals surface area contributed by atoms with E-state index in [4.69, 9.17) is 0 Å². The van der Waals surface area contributed by atoms with Gasteiger partial charge in [-0.25, -0.2) is 22.0 Å². The topological polar surface area (TPSA) is 3.24 Å². The summed E-state index contributed by atoms with van der Waals surface area (Å²) in [6.07, 6.45) is 2.75. The van der Waals surface area contributed by atoms with E-state index < -0.39 is 45.7 Å². The van der Waals surface area contributed by atoms with Crippen LogP contribution in [0.4, 0.5) is 33.3 Å². The van der Waals surface area contributed by atoms with E-state index in [2.05, 4.69) is 177 Å². The third-order valence-corrected chi connectivity index (χ3v) is 17.0. The maximum absolute atomic E-state index is 16.1. The number of benzene rings is 12. The first kappa shape index (κ1) is 42.8. The van der Waals surface area contributed by atoms with Gasteiger partial charge in [-0.2, -0.15) is 0 Å². The molecule has 348 valence electrons. The smallest absolute Gasteiger partial charge is 0.200 e. The van der Waals surface area contributed by atoms with Gasteiger partial charge >= 0.3 is 0 Å². The summed E-state index contributed by atoms with van der Waals surface area (Å²) in [7, 11) is 0. The lowest BCUT2D eigenvalue weighted by Gasteiger charge is -2.50.